The first-order valence-electron chi connectivity index (χ1n) is 6.11. The zero-order chi connectivity index (χ0) is 14.5. The average molecular weight is 275 g/mol. The Kier molecular flexibility index (Phi) is 4.20. The number of esters is 1. The summed E-state index contributed by atoms with van der Waals surface area (Å²) < 4.78 is 23.3. The summed E-state index contributed by atoms with van der Waals surface area (Å²) in [5.74, 6) is -0.110. The van der Waals surface area contributed by atoms with Crippen LogP contribution in [0.2, 0.25) is 0 Å². The zero-order valence-corrected chi connectivity index (χ0v) is 10.9. The number of hydrogen-bond acceptors (Lipinski definition) is 4. The largest absolute Gasteiger partial charge is 0.462 e. The Balaban J connectivity index is 2.26. The molecule has 4 nitrogen and oxygen atoms in total. The molecule has 0 heterocycles. The van der Waals surface area contributed by atoms with Crippen molar-refractivity contribution < 1.29 is 18.7 Å². The summed E-state index contributed by atoms with van der Waals surface area (Å²) in [4.78, 5) is 11.7. The average Bonchev–Trinajstić information content (AvgIpc) is 2.44. The van der Waals surface area contributed by atoms with E-state index in [2.05, 4.69) is 0 Å². The van der Waals surface area contributed by atoms with E-state index < -0.39 is 5.97 Å². The maximum atomic E-state index is 12.8. The molecule has 0 spiro atoms. The van der Waals surface area contributed by atoms with E-state index in [-0.39, 0.29) is 23.7 Å². The molecule has 0 aliphatic heterocycles. The van der Waals surface area contributed by atoms with Crippen LogP contribution in [0.5, 0.6) is 11.5 Å². The van der Waals surface area contributed by atoms with Crippen molar-refractivity contribution in [1.82, 2.24) is 0 Å². The van der Waals surface area contributed by atoms with Crippen LogP contribution in [0.4, 0.5) is 10.1 Å². The summed E-state index contributed by atoms with van der Waals surface area (Å²) in [5, 5.41) is 0. The molecule has 2 rings (SSSR count). The Hall–Kier alpha value is -2.56. The third-order valence-corrected chi connectivity index (χ3v) is 2.60. The van der Waals surface area contributed by atoms with Gasteiger partial charge in [0.1, 0.15) is 11.6 Å². The van der Waals surface area contributed by atoms with Crippen LogP contribution in [0.25, 0.3) is 0 Å². The standard InChI is InChI=1S/C15H14FNO3/c1-2-19-15(18)12-4-3-5-13(14(12)17)20-11-8-6-10(16)7-9-11/h3-9H,2,17H2,1H3. The van der Waals surface area contributed by atoms with Gasteiger partial charge in [-0.3, -0.25) is 0 Å². The lowest BCUT2D eigenvalue weighted by molar-refractivity contribution is 0.0527. The van der Waals surface area contributed by atoms with E-state index in [9.17, 15) is 9.18 Å². The summed E-state index contributed by atoms with van der Waals surface area (Å²) in [6, 6.07) is 10.3. The molecule has 2 N–H and O–H groups in total. The third kappa shape index (κ3) is 3.06. The SMILES string of the molecule is CCOC(=O)c1cccc(Oc2ccc(F)cc2)c1N. The fourth-order valence-electron chi connectivity index (χ4n) is 1.65. The second kappa shape index (κ2) is 6.06. The van der Waals surface area contributed by atoms with Gasteiger partial charge in [0.15, 0.2) is 5.75 Å². The maximum absolute atomic E-state index is 12.8. The van der Waals surface area contributed by atoms with Crippen LogP contribution in [-0.2, 0) is 4.74 Å². The van der Waals surface area contributed by atoms with Gasteiger partial charge in [-0.25, -0.2) is 9.18 Å². The molecule has 0 aliphatic rings. The van der Waals surface area contributed by atoms with Crippen molar-refractivity contribution >= 4 is 11.7 Å². The number of anilines is 1. The highest BCUT2D eigenvalue weighted by atomic mass is 19.1. The molecule has 0 atom stereocenters. The molecule has 5 heteroatoms. The number of rotatable bonds is 4. The number of carbonyl (C=O) groups excluding carboxylic acids is 1. The first kappa shape index (κ1) is 13.9. The van der Waals surface area contributed by atoms with Gasteiger partial charge in [-0.05, 0) is 43.3 Å². The van der Waals surface area contributed by atoms with Gasteiger partial charge in [0.2, 0.25) is 0 Å². The van der Waals surface area contributed by atoms with Crippen LogP contribution in [0.15, 0.2) is 42.5 Å². The molecule has 0 unspecified atom stereocenters. The molecule has 0 radical (unpaired) electrons. The van der Waals surface area contributed by atoms with Gasteiger partial charge in [-0.1, -0.05) is 6.07 Å². The molecule has 0 aliphatic carbocycles. The van der Waals surface area contributed by atoms with E-state index >= 15 is 0 Å². The highest BCUT2D eigenvalue weighted by molar-refractivity contribution is 5.96. The van der Waals surface area contributed by atoms with Crippen molar-refractivity contribution in [2.24, 2.45) is 0 Å². The quantitative estimate of drug-likeness (QED) is 0.686. The number of halogens is 1. The number of para-hydroxylation sites is 1. The van der Waals surface area contributed by atoms with Gasteiger partial charge in [0, 0.05) is 0 Å². The maximum Gasteiger partial charge on any atom is 0.340 e. The topological polar surface area (TPSA) is 61.5 Å². The molecule has 0 saturated carbocycles. The van der Waals surface area contributed by atoms with Crippen molar-refractivity contribution in [3.8, 4) is 11.5 Å². The summed E-state index contributed by atoms with van der Waals surface area (Å²) in [5.41, 5.74) is 6.32. The number of hydrogen-bond donors (Lipinski definition) is 1. The third-order valence-electron chi connectivity index (χ3n) is 2.60. The Morgan fingerprint density at radius 3 is 2.55 bits per heavy atom. The molecule has 0 aromatic heterocycles. The minimum absolute atomic E-state index is 0.190. The Bertz CT molecular complexity index is 611. The fraction of sp³-hybridized carbons (Fsp3) is 0.133. The summed E-state index contributed by atoms with van der Waals surface area (Å²) >= 11 is 0. The van der Waals surface area contributed by atoms with Crippen LogP contribution in [0.3, 0.4) is 0 Å². The van der Waals surface area contributed by atoms with E-state index in [1.165, 1.54) is 24.3 Å². The van der Waals surface area contributed by atoms with Gasteiger partial charge in [0.05, 0.1) is 17.9 Å². The summed E-state index contributed by atoms with van der Waals surface area (Å²) in [7, 11) is 0. The minimum Gasteiger partial charge on any atom is -0.462 e. The summed E-state index contributed by atoms with van der Waals surface area (Å²) in [6.07, 6.45) is 0. The predicted molar refractivity (Wildman–Crippen MR) is 73.3 cm³/mol. The second-order valence-corrected chi connectivity index (χ2v) is 3.99. The normalized spacial score (nSPS) is 10.1. The van der Waals surface area contributed by atoms with E-state index in [1.54, 1.807) is 25.1 Å². The van der Waals surface area contributed by atoms with Gasteiger partial charge >= 0.3 is 5.97 Å². The van der Waals surface area contributed by atoms with E-state index in [4.69, 9.17) is 15.2 Å². The van der Waals surface area contributed by atoms with Crippen molar-refractivity contribution in [2.45, 2.75) is 6.92 Å². The first-order valence-corrected chi connectivity index (χ1v) is 6.11. The van der Waals surface area contributed by atoms with Crippen LogP contribution in [0, 0.1) is 5.82 Å². The lowest BCUT2D eigenvalue weighted by Crippen LogP contribution is -2.08. The first-order chi connectivity index (χ1) is 9.61. The monoisotopic (exact) mass is 275 g/mol. The second-order valence-electron chi connectivity index (χ2n) is 3.99. The van der Waals surface area contributed by atoms with Gasteiger partial charge in [-0.15, -0.1) is 0 Å². The van der Waals surface area contributed by atoms with Gasteiger partial charge in [0.25, 0.3) is 0 Å². The molecule has 20 heavy (non-hydrogen) atoms. The highest BCUT2D eigenvalue weighted by Gasteiger charge is 2.14. The Morgan fingerprint density at radius 1 is 1.20 bits per heavy atom. The zero-order valence-electron chi connectivity index (χ0n) is 10.9. The Morgan fingerprint density at radius 2 is 1.90 bits per heavy atom. The molecular formula is C15H14FNO3. The van der Waals surface area contributed by atoms with Crippen molar-refractivity contribution in [2.75, 3.05) is 12.3 Å². The van der Waals surface area contributed by atoms with E-state index in [0.717, 1.165) is 0 Å². The molecule has 0 amide bonds. The molecular weight excluding hydrogens is 261 g/mol. The highest BCUT2D eigenvalue weighted by Crippen LogP contribution is 2.30. The van der Waals surface area contributed by atoms with Crippen LogP contribution in [0.1, 0.15) is 17.3 Å². The molecule has 104 valence electrons. The van der Waals surface area contributed by atoms with Crippen LogP contribution in [-0.4, -0.2) is 12.6 Å². The lowest BCUT2D eigenvalue weighted by Gasteiger charge is -2.11. The van der Waals surface area contributed by atoms with E-state index in [1.807, 2.05) is 0 Å². The van der Waals surface area contributed by atoms with Gasteiger partial charge < -0.3 is 15.2 Å². The van der Waals surface area contributed by atoms with E-state index in [0.29, 0.717) is 11.5 Å². The van der Waals surface area contributed by atoms with Crippen molar-refractivity contribution in [3.05, 3.63) is 53.8 Å². The summed E-state index contributed by atoms with van der Waals surface area (Å²) in [6.45, 7) is 1.98. The predicted octanol–water partition coefficient (Wildman–Crippen LogP) is 3.38. The van der Waals surface area contributed by atoms with Gasteiger partial charge in [-0.2, -0.15) is 0 Å². The number of benzene rings is 2. The Labute approximate surface area is 115 Å². The number of ether oxygens (including phenoxy) is 2. The minimum atomic E-state index is -0.505. The number of carbonyl (C=O) groups is 1. The molecule has 2 aromatic rings. The molecule has 0 fully saturated rings. The fourth-order valence-corrected chi connectivity index (χ4v) is 1.65. The molecule has 2 aromatic carbocycles. The van der Waals surface area contributed by atoms with Crippen LogP contribution < -0.4 is 10.5 Å². The van der Waals surface area contributed by atoms with Crippen molar-refractivity contribution in [1.29, 1.82) is 0 Å². The van der Waals surface area contributed by atoms with Crippen LogP contribution >= 0.6 is 0 Å². The number of nitrogens with two attached hydrogens (primary N) is 1. The molecule has 0 bridgehead atoms. The lowest BCUT2D eigenvalue weighted by atomic mass is 10.1. The number of nitrogen functional groups attached to an aromatic ring is 1. The van der Waals surface area contributed by atoms with Crippen molar-refractivity contribution in [3.63, 3.8) is 0 Å². The smallest absolute Gasteiger partial charge is 0.340 e. The molecule has 0 saturated heterocycles.